The molecular formula is C24H29NO7. The number of nitrogens with zero attached hydrogens (tertiary/aromatic N) is 1. The molecule has 0 spiro atoms. The Bertz CT molecular complexity index is 856. The van der Waals surface area contributed by atoms with Gasteiger partial charge in [0, 0.05) is 13.1 Å². The van der Waals surface area contributed by atoms with Crippen molar-refractivity contribution in [1.82, 2.24) is 4.90 Å². The molecule has 0 amide bonds. The summed E-state index contributed by atoms with van der Waals surface area (Å²) < 4.78 is 11.0. The molecule has 8 heteroatoms. The number of ether oxygens (including phenoxy) is 2. The maximum atomic E-state index is 12.0. The minimum atomic E-state index is -1.82. The molecule has 1 aliphatic heterocycles. The molecule has 1 atom stereocenters. The van der Waals surface area contributed by atoms with E-state index < -0.39 is 11.9 Å². The van der Waals surface area contributed by atoms with Crippen LogP contribution in [-0.2, 0) is 32.3 Å². The lowest BCUT2D eigenvalue weighted by Gasteiger charge is -2.31. The number of hydrogen-bond acceptors (Lipinski definition) is 6. The Morgan fingerprint density at radius 3 is 2.22 bits per heavy atom. The summed E-state index contributed by atoms with van der Waals surface area (Å²) in [6, 6.07) is 18.4. The third-order valence-corrected chi connectivity index (χ3v) is 4.89. The number of carbonyl (C=O) groups is 3. The molecule has 2 aromatic carbocycles. The third kappa shape index (κ3) is 8.77. The SMILES string of the molecule is CCOC(=O)C1CCCN(Cc2ccc(OCc3ccccc3)cc2)C1.O=C(O)C(=O)O. The van der Waals surface area contributed by atoms with Gasteiger partial charge >= 0.3 is 17.9 Å². The largest absolute Gasteiger partial charge is 0.489 e. The predicted molar refractivity (Wildman–Crippen MR) is 117 cm³/mol. The molecule has 1 saturated heterocycles. The number of carboxylic acid groups (broad SMARTS) is 2. The van der Waals surface area contributed by atoms with Gasteiger partial charge in [0.2, 0.25) is 0 Å². The number of piperidine rings is 1. The highest BCUT2D eigenvalue weighted by Crippen LogP contribution is 2.21. The lowest BCUT2D eigenvalue weighted by Crippen LogP contribution is -2.38. The maximum absolute atomic E-state index is 12.0. The zero-order valence-electron chi connectivity index (χ0n) is 18.1. The van der Waals surface area contributed by atoms with Gasteiger partial charge in [-0.05, 0) is 49.6 Å². The third-order valence-electron chi connectivity index (χ3n) is 4.89. The number of benzene rings is 2. The second-order valence-corrected chi connectivity index (χ2v) is 7.35. The molecule has 1 heterocycles. The molecule has 2 N–H and O–H groups in total. The molecular weight excluding hydrogens is 414 g/mol. The smallest absolute Gasteiger partial charge is 0.414 e. The van der Waals surface area contributed by atoms with E-state index in [2.05, 4.69) is 29.2 Å². The fourth-order valence-corrected chi connectivity index (χ4v) is 3.34. The zero-order chi connectivity index (χ0) is 23.3. The van der Waals surface area contributed by atoms with Crippen molar-refractivity contribution >= 4 is 17.9 Å². The summed E-state index contributed by atoms with van der Waals surface area (Å²) in [5.41, 5.74) is 2.40. The second kappa shape index (κ2) is 13.1. The predicted octanol–water partition coefficient (Wildman–Crippen LogP) is 3.20. The first-order valence-electron chi connectivity index (χ1n) is 10.5. The van der Waals surface area contributed by atoms with Crippen molar-refractivity contribution in [3.8, 4) is 5.75 Å². The van der Waals surface area contributed by atoms with Crippen molar-refractivity contribution in [2.75, 3.05) is 19.7 Å². The Balaban J connectivity index is 0.000000534. The molecule has 2 aromatic rings. The van der Waals surface area contributed by atoms with Crippen molar-refractivity contribution < 1.29 is 34.1 Å². The minimum Gasteiger partial charge on any atom is -0.489 e. The first-order chi connectivity index (χ1) is 15.4. The molecule has 32 heavy (non-hydrogen) atoms. The van der Waals surface area contributed by atoms with E-state index >= 15 is 0 Å². The normalized spacial score (nSPS) is 15.7. The number of aliphatic carboxylic acids is 2. The highest BCUT2D eigenvalue weighted by atomic mass is 16.5. The highest BCUT2D eigenvalue weighted by Gasteiger charge is 2.26. The van der Waals surface area contributed by atoms with E-state index in [-0.39, 0.29) is 11.9 Å². The van der Waals surface area contributed by atoms with Crippen LogP contribution < -0.4 is 4.74 Å². The molecule has 1 aliphatic rings. The second-order valence-electron chi connectivity index (χ2n) is 7.35. The molecule has 3 rings (SSSR count). The number of carbonyl (C=O) groups excluding carboxylic acids is 1. The van der Waals surface area contributed by atoms with Gasteiger partial charge in [-0.2, -0.15) is 0 Å². The summed E-state index contributed by atoms with van der Waals surface area (Å²) >= 11 is 0. The van der Waals surface area contributed by atoms with Crippen LogP contribution in [0.25, 0.3) is 0 Å². The van der Waals surface area contributed by atoms with E-state index in [1.807, 2.05) is 37.3 Å². The summed E-state index contributed by atoms with van der Waals surface area (Å²) in [7, 11) is 0. The van der Waals surface area contributed by atoms with E-state index in [0.29, 0.717) is 13.2 Å². The van der Waals surface area contributed by atoms with Crippen LogP contribution in [0, 0.1) is 5.92 Å². The van der Waals surface area contributed by atoms with Crippen LogP contribution in [-0.4, -0.2) is 52.7 Å². The average molecular weight is 443 g/mol. The molecule has 0 radical (unpaired) electrons. The highest BCUT2D eigenvalue weighted by molar-refractivity contribution is 6.27. The van der Waals surface area contributed by atoms with E-state index in [1.165, 1.54) is 5.56 Å². The van der Waals surface area contributed by atoms with Gasteiger partial charge in [-0.3, -0.25) is 9.69 Å². The van der Waals surface area contributed by atoms with Gasteiger partial charge in [0.1, 0.15) is 12.4 Å². The van der Waals surface area contributed by atoms with Gasteiger partial charge in [-0.25, -0.2) is 9.59 Å². The van der Waals surface area contributed by atoms with Crippen LogP contribution in [0.3, 0.4) is 0 Å². The standard InChI is InChI=1S/C22H27NO3.C2H2O4/c1-2-25-22(24)20-9-6-14-23(16-20)15-18-10-12-21(13-11-18)26-17-19-7-4-3-5-8-19;3-1(4)2(5)6/h3-5,7-8,10-13,20H,2,6,9,14-17H2,1H3;(H,3,4)(H,5,6). The van der Waals surface area contributed by atoms with E-state index in [4.69, 9.17) is 29.3 Å². The van der Waals surface area contributed by atoms with Gasteiger partial charge in [-0.1, -0.05) is 42.5 Å². The number of hydrogen-bond donors (Lipinski definition) is 2. The molecule has 0 aliphatic carbocycles. The first-order valence-corrected chi connectivity index (χ1v) is 10.5. The Morgan fingerprint density at radius 1 is 0.969 bits per heavy atom. The summed E-state index contributed by atoms with van der Waals surface area (Å²) in [6.45, 7) is 5.56. The maximum Gasteiger partial charge on any atom is 0.414 e. The lowest BCUT2D eigenvalue weighted by molar-refractivity contribution is -0.159. The van der Waals surface area contributed by atoms with Crippen LogP contribution in [0.2, 0.25) is 0 Å². The quantitative estimate of drug-likeness (QED) is 0.495. The van der Waals surface area contributed by atoms with Crippen molar-refractivity contribution in [1.29, 1.82) is 0 Å². The topological polar surface area (TPSA) is 113 Å². The van der Waals surface area contributed by atoms with Gasteiger partial charge < -0.3 is 19.7 Å². The zero-order valence-corrected chi connectivity index (χ0v) is 18.1. The van der Waals surface area contributed by atoms with Crippen LogP contribution in [0.4, 0.5) is 0 Å². The molecule has 172 valence electrons. The number of carboxylic acids is 2. The number of likely N-dealkylation sites (tertiary alicyclic amines) is 1. The Morgan fingerprint density at radius 2 is 1.62 bits per heavy atom. The van der Waals surface area contributed by atoms with E-state index in [1.54, 1.807) is 0 Å². The van der Waals surface area contributed by atoms with Crippen LogP contribution >= 0.6 is 0 Å². The summed E-state index contributed by atoms with van der Waals surface area (Å²) in [6.07, 6.45) is 1.98. The van der Waals surface area contributed by atoms with Gasteiger partial charge in [0.25, 0.3) is 0 Å². The lowest BCUT2D eigenvalue weighted by atomic mass is 9.98. The van der Waals surface area contributed by atoms with Crippen LogP contribution in [0.1, 0.15) is 30.9 Å². The first kappa shape index (κ1) is 24.9. The van der Waals surface area contributed by atoms with Gasteiger partial charge in [-0.15, -0.1) is 0 Å². The number of esters is 1. The van der Waals surface area contributed by atoms with Crippen LogP contribution in [0.15, 0.2) is 54.6 Å². The molecule has 1 fully saturated rings. The van der Waals surface area contributed by atoms with E-state index in [0.717, 1.165) is 43.8 Å². The summed E-state index contributed by atoms with van der Waals surface area (Å²) in [5.74, 6) is -2.82. The molecule has 0 saturated carbocycles. The average Bonchev–Trinajstić information content (AvgIpc) is 2.80. The monoisotopic (exact) mass is 443 g/mol. The van der Waals surface area contributed by atoms with Crippen molar-refractivity contribution in [2.24, 2.45) is 5.92 Å². The van der Waals surface area contributed by atoms with Crippen LogP contribution in [0.5, 0.6) is 5.75 Å². The van der Waals surface area contributed by atoms with Crippen molar-refractivity contribution in [3.05, 3.63) is 65.7 Å². The van der Waals surface area contributed by atoms with Crippen molar-refractivity contribution in [2.45, 2.75) is 32.9 Å². The Kier molecular flexibility index (Phi) is 10.2. The van der Waals surface area contributed by atoms with Gasteiger partial charge in [0.05, 0.1) is 12.5 Å². The van der Waals surface area contributed by atoms with E-state index in [9.17, 15) is 4.79 Å². The fourth-order valence-electron chi connectivity index (χ4n) is 3.34. The Labute approximate surface area is 187 Å². The summed E-state index contributed by atoms with van der Waals surface area (Å²) in [5, 5.41) is 14.8. The fraction of sp³-hybridized carbons (Fsp3) is 0.375. The molecule has 0 bridgehead atoms. The minimum absolute atomic E-state index is 0.0113. The summed E-state index contributed by atoms with van der Waals surface area (Å²) in [4.78, 5) is 32.5. The van der Waals surface area contributed by atoms with Crippen molar-refractivity contribution in [3.63, 3.8) is 0 Å². The molecule has 8 nitrogen and oxygen atoms in total. The molecule has 1 unspecified atom stereocenters. The van der Waals surface area contributed by atoms with Gasteiger partial charge in [0.15, 0.2) is 0 Å². The number of rotatable bonds is 7. The molecule has 0 aromatic heterocycles. The Hall–Kier alpha value is -3.39.